The Morgan fingerprint density at radius 1 is 0.906 bits per heavy atom. The standard InChI is InChI=1S/C25H19N5O2/c31-25(19-7-9-21(10-8-19)30-15-3-4-16-30)27-22-6-2-1-5-20(22)17-23-28-24(29-32-23)18-11-13-26-14-12-18/h1-16H,17H2,(H,27,31). The number of aromatic nitrogens is 4. The molecule has 0 aliphatic rings. The van der Waals surface area contributed by atoms with Crippen molar-refractivity contribution in [1.29, 1.82) is 0 Å². The third-order valence-corrected chi connectivity index (χ3v) is 5.05. The van der Waals surface area contributed by atoms with Gasteiger partial charge in [-0.05, 0) is 60.2 Å². The van der Waals surface area contributed by atoms with Crippen molar-refractivity contribution in [2.24, 2.45) is 0 Å². The zero-order chi connectivity index (χ0) is 21.8. The van der Waals surface area contributed by atoms with E-state index in [1.165, 1.54) is 0 Å². The molecule has 3 heterocycles. The highest BCUT2D eigenvalue weighted by Crippen LogP contribution is 2.22. The van der Waals surface area contributed by atoms with Crippen molar-refractivity contribution in [3.8, 4) is 17.1 Å². The molecule has 1 amide bonds. The number of carbonyl (C=O) groups excluding carboxylic acids is 1. The van der Waals surface area contributed by atoms with Crippen LogP contribution in [-0.2, 0) is 6.42 Å². The molecule has 156 valence electrons. The summed E-state index contributed by atoms with van der Waals surface area (Å²) in [6.07, 6.45) is 7.69. The lowest BCUT2D eigenvalue weighted by molar-refractivity contribution is 0.102. The van der Waals surface area contributed by atoms with Gasteiger partial charge >= 0.3 is 0 Å². The summed E-state index contributed by atoms with van der Waals surface area (Å²) in [6, 6.07) is 22.6. The fraction of sp³-hybridized carbons (Fsp3) is 0.0400. The molecule has 0 bridgehead atoms. The number of para-hydroxylation sites is 1. The first kappa shape index (κ1) is 19.4. The van der Waals surface area contributed by atoms with E-state index in [2.05, 4.69) is 20.4 Å². The Balaban J connectivity index is 1.31. The molecule has 0 aliphatic heterocycles. The summed E-state index contributed by atoms with van der Waals surface area (Å²) in [6.45, 7) is 0. The Bertz CT molecular complexity index is 1330. The fourth-order valence-corrected chi connectivity index (χ4v) is 3.39. The second-order valence-electron chi connectivity index (χ2n) is 7.17. The molecule has 0 atom stereocenters. The molecule has 7 heteroatoms. The normalized spacial score (nSPS) is 10.8. The van der Waals surface area contributed by atoms with Crippen molar-refractivity contribution < 1.29 is 9.32 Å². The first-order valence-electron chi connectivity index (χ1n) is 10.1. The number of hydrogen-bond acceptors (Lipinski definition) is 5. The molecular weight excluding hydrogens is 402 g/mol. The minimum absolute atomic E-state index is 0.181. The number of nitrogens with one attached hydrogen (secondary N) is 1. The predicted octanol–water partition coefficient (Wildman–Crippen LogP) is 4.77. The second-order valence-corrected chi connectivity index (χ2v) is 7.17. The van der Waals surface area contributed by atoms with Crippen LogP contribution in [0.4, 0.5) is 5.69 Å². The molecule has 7 nitrogen and oxygen atoms in total. The van der Waals surface area contributed by atoms with Gasteiger partial charge in [0.15, 0.2) is 0 Å². The number of benzene rings is 2. The molecule has 0 spiro atoms. The van der Waals surface area contributed by atoms with E-state index in [0.717, 1.165) is 16.8 Å². The number of rotatable bonds is 6. The Morgan fingerprint density at radius 3 is 2.44 bits per heavy atom. The molecule has 0 aliphatic carbocycles. The molecule has 5 rings (SSSR count). The van der Waals surface area contributed by atoms with Crippen LogP contribution in [0.1, 0.15) is 21.8 Å². The first-order valence-corrected chi connectivity index (χ1v) is 10.1. The molecule has 2 aromatic carbocycles. The molecule has 3 aromatic heterocycles. The van der Waals surface area contributed by atoms with E-state index in [-0.39, 0.29) is 5.91 Å². The second kappa shape index (κ2) is 8.69. The van der Waals surface area contributed by atoms with Crippen molar-refractivity contribution in [1.82, 2.24) is 19.7 Å². The van der Waals surface area contributed by atoms with Crippen LogP contribution in [0.3, 0.4) is 0 Å². The van der Waals surface area contributed by atoms with E-state index in [1.807, 2.05) is 89.8 Å². The van der Waals surface area contributed by atoms with Crippen LogP contribution in [0, 0.1) is 0 Å². The summed E-state index contributed by atoms with van der Waals surface area (Å²) in [5.41, 5.74) is 3.99. The van der Waals surface area contributed by atoms with E-state index in [9.17, 15) is 4.79 Å². The van der Waals surface area contributed by atoms with Crippen molar-refractivity contribution in [2.45, 2.75) is 6.42 Å². The SMILES string of the molecule is O=C(Nc1ccccc1Cc1nc(-c2ccncc2)no1)c1ccc(-n2cccc2)cc1. The smallest absolute Gasteiger partial charge is 0.255 e. The first-order chi connectivity index (χ1) is 15.8. The molecule has 5 aromatic rings. The van der Waals surface area contributed by atoms with Crippen LogP contribution in [0.2, 0.25) is 0 Å². The van der Waals surface area contributed by atoms with E-state index in [0.29, 0.717) is 29.4 Å². The molecule has 0 unspecified atom stereocenters. The summed E-state index contributed by atoms with van der Waals surface area (Å²) in [4.78, 5) is 21.3. The van der Waals surface area contributed by atoms with Gasteiger partial charge in [0.05, 0.1) is 6.42 Å². The van der Waals surface area contributed by atoms with Gasteiger partial charge in [-0.2, -0.15) is 4.98 Å². The van der Waals surface area contributed by atoms with Gasteiger partial charge in [-0.15, -0.1) is 0 Å². The zero-order valence-corrected chi connectivity index (χ0v) is 17.1. The molecule has 0 saturated carbocycles. The topological polar surface area (TPSA) is 85.8 Å². The predicted molar refractivity (Wildman–Crippen MR) is 120 cm³/mol. The van der Waals surface area contributed by atoms with E-state index in [4.69, 9.17) is 4.52 Å². The van der Waals surface area contributed by atoms with Crippen LogP contribution in [0.25, 0.3) is 17.1 Å². The summed E-state index contributed by atoms with van der Waals surface area (Å²) in [5.74, 6) is 0.792. The summed E-state index contributed by atoms with van der Waals surface area (Å²) in [7, 11) is 0. The number of pyridine rings is 1. The van der Waals surface area contributed by atoms with Gasteiger partial charge in [0.2, 0.25) is 11.7 Å². The van der Waals surface area contributed by atoms with E-state index in [1.54, 1.807) is 12.4 Å². The van der Waals surface area contributed by atoms with Crippen LogP contribution in [0.5, 0.6) is 0 Å². The fourth-order valence-electron chi connectivity index (χ4n) is 3.39. The van der Waals surface area contributed by atoms with Gasteiger partial charge in [-0.25, -0.2) is 0 Å². The van der Waals surface area contributed by atoms with Crippen LogP contribution in [0.15, 0.2) is 102 Å². The summed E-state index contributed by atoms with van der Waals surface area (Å²) < 4.78 is 7.41. The van der Waals surface area contributed by atoms with E-state index >= 15 is 0 Å². The third-order valence-electron chi connectivity index (χ3n) is 5.05. The monoisotopic (exact) mass is 421 g/mol. The Hall–Kier alpha value is -4.52. The average Bonchev–Trinajstić information content (AvgIpc) is 3.54. The number of hydrogen-bond donors (Lipinski definition) is 1. The van der Waals surface area contributed by atoms with Gasteiger partial charge in [0.1, 0.15) is 0 Å². The molecular formula is C25H19N5O2. The van der Waals surface area contributed by atoms with Gasteiger partial charge in [-0.3, -0.25) is 9.78 Å². The van der Waals surface area contributed by atoms with Crippen molar-refractivity contribution in [3.63, 3.8) is 0 Å². The molecule has 0 saturated heterocycles. The molecule has 0 fully saturated rings. The quantitative estimate of drug-likeness (QED) is 0.427. The number of carbonyl (C=O) groups is 1. The lowest BCUT2D eigenvalue weighted by Gasteiger charge is -2.10. The van der Waals surface area contributed by atoms with Crippen LogP contribution in [-0.4, -0.2) is 25.6 Å². The Labute approximate surface area is 184 Å². The molecule has 1 N–H and O–H groups in total. The Kier molecular flexibility index (Phi) is 5.28. The lowest BCUT2D eigenvalue weighted by Crippen LogP contribution is -2.13. The maximum atomic E-state index is 12.8. The Morgan fingerprint density at radius 2 is 1.66 bits per heavy atom. The maximum absolute atomic E-state index is 12.8. The lowest BCUT2D eigenvalue weighted by atomic mass is 10.1. The number of amides is 1. The minimum Gasteiger partial charge on any atom is -0.339 e. The van der Waals surface area contributed by atoms with Crippen molar-refractivity contribution in [2.75, 3.05) is 5.32 Å². The molecule has 0 radical (unpaired) electrons. The highest BCUT2D eigenvalue weighted by atomic mass is 16.5. The van der Waals surface area contributed by atoms with Gasteiger partial charge < -0.3 is 14.4 Å². The van der Waals surface area contributed by atoms with Crippen molar-refractivity contribution >= 4 is 11.6 Å². The van der Waals surface area contributed by atoms with E-state index < -0.39 is 0 Å². The van der Waals surface area contributed by atoms with Crippen LogP contribution < -0.4 is 5.32 Å². The highest BCUT2D eigenvalue weighted by Gasteiger charge is 2.13. The largest absolute Gasteiger partial charge is 0.339 e. The maximum Gasteiger partial charge on any atom is 0.255 e. The number of anilines is 1. The summed E-state index contributed by atoms with van der Waals surface area (Å²) in [5, 5.41) is 7.04. The average molecular weight is 421 g/mol. The summed E-state index contributed by atoms with van der Waals surface area (Å²) >= 11 is 0. The van der Waals surface area contributed by atoms with Crippen molar-refractivity contribution in [3.05, 3.63) is 115 Å². The van der Waals surface area contributed by atoms with Gasteiger partial charge in [0, 0.05) is 47.3 Å². The zero-order valence-electron chi connectivity index (χ0n) is 17.1. The van der Waals surface area contributed by atoms with Crippen LogP contribution >= 0.6 is 0 Å². The highest BCUT2D eigenvalue weighted by molar-refractivity contribution is 6.04. The van der Waals surface area contributed by atoms with Gasteiger partial charge in [0.25, 0.3) is 5.91 Å². The number of nitrogens with zero attached hydrogens (tertiary/aromatic N) is 4. The molecule has 32 heavy (non-hydrogen) atoms. The van der Waals surface area contributed by atoms with Gasteiger partial charge in [-0.1, -0.05) is 23.4 Å². The third kappa shape index (κ3) is 4.17. The minimum atomic E-state index is -0.181.